The second kappa shape index (κ2) is 4.81. The first-order valence-electron chi connectivity index (χ1n) is 6.62. The van der Waals surface area contributed by atoms with Crippen molar-refractivity contribution in [3.63, 3.8) is 0 Å². The van der Waals surface area contributed by atoms with Gasteiger partial charge in [-0.2, -0.15) is 0 Å². The molecule has 1 saturated heterocycles. The maximum atomic E-state index is 6.12. The van der Waals surface area contributed by atoms with E-state index in [2.05, 4.69) is 24.8 Å². The second-order valence-corrected chi connectivity index (χ2v) is 6.02. The molecule has 1 aromatic carbocycles. The predicted octanol–water partition coefficient (Wildman–Crippen LogP) is 2.95. The van der Waals surface area contributed by atoms with Crippen molar-refractivity contribution < 1.29 is 4.74 Å². The fourth-order valence-electron chi connectivity index (χ4n) is 2.76. The maximum absolute atomic E-state index is 6.12. The molecule has 3 nitrogen and oxygen atoms in total. The van der Waals surface area contributed by atoms with Crippen LogP contribution in [0.5, 0.6) is 5.75 Å². The number of hydrogen-bond donors (Lipinski definition) is 1. The van der Waals surface area contributed by atoms with Gasteiger partial charge in [-0.15, -0.1) is 0 Å². The molecule has 1 fully saturated rings. The number of nitrogens with zero attached hydrogens (tertiary/aromatic N) is 1. The summed E-state index contributed by atoms with van der Waals surface area (Å²) in [6.45, 7) is 8.83. The van der Waals surface area contributed by atoms with E-state index in [1.54, 1.807) is 7.11 Å². The van der Waals surface area contributed by atoms with E-state index in [0.717, 1.165) is 24.4 Å². The molecule has 0 saturated carbocycles. The molecule has 2 rings (SSSR count). The molecule has 0 spiro atoms. The van der Waals surface area contributed by atoms with Crippen LogP contribution in [0.2, 0.25) is 0 Å². The lowest BCUT2D eigenvalue weighted by atomic mass is 9.93. The third kappa shape index (κ3) is 2.46. The summed E-state index contributed by atoms with van der Waals surface area (Å²) in [4.78, 5) is 2.43. The van der Waals surface area contributed by atoms with Gasteiger partial charge < -0.3 is 15.4 Å². The van der Waals surface area contributed by atoms with Gasteiger partial charge in [-0.3, -0.25) is 0 Å². The lowest BCUT2D eigenvalue weighted by Crippen LogP contribution is -2.25. The van der Waals surface area contributed by atoms with E-state index in [1.165, 1.54) is 12.1 Å². The summed E-state index contributed by atoms with van der Waals surface area (Å²) in [6, 6.07) is 6.18. The molecule has 1 heterocycles. The van der Waals surface area contributed by atoms with Crippen LogP contribution in [0.3, 0.4) is 0 Å². The van der Waals surface area contributed by atoms with Crippen LogP contribution < -0.4 is 15.4 Å². The zero-order valence-corrected chi connectivity index (χ0v) is 11.9. The largest absolute Gasteiger partial charge is 0.496 e. The van der Waals surface area contributed by atoms with Crippen molar-refractivity contribution in [2.75, 3.05) is 25.1 Å². The first kappa shape index (κ1) is 13.2. The Hall–Kier alpha value is -1.22. The zero-order chi connectivity index (χ0) is 13.3. The lowest BCUT2D eigenvalue weighted by molar-refractivity contribution is 0.406. The smallest absolute Gasteiger partial charge is 0.125 e. The normalized spacial score (nSPS) is 19.9. The molecule has 1 unspecified atom stereocenters. The Labute approximate surface area is 110 Å². The molecule has 0 aliphatic carbocycles. The quantitative estimate of drug-likeness (QED) is 0.893. The number of anilines is 1. The standard InChI is InChI=1S/C15H24N2O/c1-11(16)14-12(6-5-7-13(14)18-4)17-9-8-15(2,3)10-17/h5-7,11H,8-10,16H2,1-4H3. The molecule has 0 radical (unpaired) electrons. The summed E-state index contributed by atoms with van der Waals surface area (Å²) >= 11 is 0. The third-order valence-electron chi connectivity index (χ3n) is 3.74. The Kier molecular flexibility index (Phi) is 3.53. The molecule has 1 aliphatic heterocycles. The van der Waals surface area contributed by atoms with Crippen LogP contribution >= 0.6 is 0 Å². The molecule has 18 heavy (non-hydrogen) atoms. The fourth-order valence-corrected chi connectivity index (χ4v) is 2.76. The van der Waals surface area contributed by atoms with Gasteiger partial charge in [0, 0.05) is 30.4 Å². The summed E-state index contributed by atoms with van der Waals surface area (Å²) in [5.74, 6) is 0.896. The fraction of sp³-hybridized carbons (Fsp3) is 0.600. The van der Waals surface area contributed by atoms with Crippen LogP contribution in [0.25, 0.3) is 0 Å². The average molecular weight is 248 g/mol. The SMILES string of the molecule is COc1cccc(N2CCC(C)(C)C2)c1C(C)N. The van der Waals surface area contributed by atoms with Gasteiger partial charge in [-0.1, -0.05) is 19.9 Å². The highest BCUT2D eigenvalue weighted by molar-refractivity contribution is 5.61. The lowest BCUT2D eigenvalue weighted by Gasteiger charge is -2.26. The summed E-state index contributed by atoms with van der Waals surface area (Å²) in [7, 11) is 1.71. The van der Waals surface area contributed by atoms with Crippen molar-refractivity contribution in [1.29, 1.82) is 0 Å². The van der Waals surface area contributed by atoms with Crippen LogP contribution in [0.1, 0.15) is 38.8 Å². The van der Waals surface area contributed by atoms with Crippen LogP contribution in [0.4, 0.5) is 5.69 Å². The minimum absolute atomic E-state index is 0.0140. The number of methoxy groups -OCH3 is 1. The number of nitrogens with two attached hydrogens (primary N) is 1. The van der Waals surface area contributed by atoms with Crippen molar-refractivity contribution in [2.24, 2.45) is 11.1 Å². The summed E-state index contributed by atoms with van der Waals surface area (Å²) < 4.78 is 5.45. The zero-order valence-electron chi connectivity index (χ0n) is 11.9. The molecule has 1 aromatic rings. The molecule has 0 amide bonds. The highest BCUT2D eigenvalue weighted by atomic mass is 16.5. The van der Waals surface area contributed by atoms with Crippen molar-refractivity contribution in [3.05, 3.63) is 23.8 Å². The molecule has 1 atom stereocenters. The first-order valence-corrected chi connectivity index (χ1v) is 6.62. The van der Waals surface area contributed by atoms with Gasteiger partial charge in [-0.05, 0) is 30.9 Å². The molecule has 2 N–H and O–H groups in total. The molecule has 0 aromatic heterocycles. The van der Waals surface area contributed by atoms with Crippen molar-refractivity contribution in [1.82, 2.24) is 0 Å². The van der Waals surface area contributed by atoms with Crippen LogP contribution in [0, 0.1) is 5.41 Å². The van der Waals surface area contributed by atoms with E-state index >= 15 is 0 Å². The van der Waals surface area contributed by atoms with E-state index in [4.69, 9.17) is 10.5 Å². The van der Waals surface area contributed by atoms with Crippen molar-refractivity contribution in [3.8, 4) is 5.75 Å². The molecular weight excluding hydrogens is 224 g/mol. The van der Waals surface area contributed by atoms with E-state index < -0.39 is 0 Å². The minimum atomic E-state index is -0.0140. The Bertz CT molecular complexity index is 427. The molecule has 1 aliphatic rings. The van der Waals surface area contributed by atoms with E-state index in [1.807, 2.05) is 19.1 Å². The van der Waals surface area contributed by atoms with E-state index in [0.29, 0.717) is 5.41 Å². The maximum Gasteiger partial charge on any atom is 0.125 e. The summed E-state index contributed by atoms with van der Waals surface area (Å²) in [6.07, 6.45) is 1.22. The number of benzene rings is 1. The van der Waals surface area contributed by atoms with Gasteiger partial charge in [0.2, 0.25) is 0 Å². The number of ether oxygens (including phenoxy) is 1. The second-order valence-electron chi connectivity index (χ2n) is 6.02. The highest BCUT2D eigenvalue weighted by Crippen LogP contribution is 2.38. The van der Waals surface area contributed by atoms with Crippen molar-refractivity contribution in [2.45, 2.75) is 33.2 Å². The van der Waals surface area contributed by atoms with Gasteiger partial charge in [0.15, 0.2) is 0 Å². The molecule has 3 heteroatoms. The van der Waals surface area contributed by atoms with Crippen LogP contribution in [-0.4, -0.2) is 20.2 Å². The van der Waals surface area contributed by atoms with E-state index in [9.17, 15) is 0 Å². The first-order chi connectivity index (χ1) is 8.44. The monoisotopic (exact) mass is 248 g/mol. The van der Waals surface area contributed by atoms with Gasteiger partial charge >= 0.3 is 0 Å². The molecule has 100 valence electrons. The topological polar surface area (TPSA) is 38.5 Å². The van der Waals surface area contributed by atoms with Gasteiger partial charge in [0.1, 0.15) is 5.75 Å². The number of rotatable bonds is 3. The van der Waals surface area contributed by atoms with Gasteiger partial charge in [0.25, 0.3) is 0 Å². The van der Waals surface area contributed by atoms with Crippen molar-refractivity contribution >= 4 is 5.69 Å². The predicted molar refractivity (Wildman–Crippen MR) is 76.2 cm³/mol. The van der Waals surface area contributed by atoms with Gasteiger partial charge in [-0.25, -0.2) is 0 Å². The third-order valence-corrected chi connectivity index (χ3v) is 3.74. The van der Waals surface area contributed by atoms with E-state index in [-0.39, 0.29) is 6.04 Å². The Balaban J connectivity index is 2.39. The van der Waals surface area contributed by atoms with Crippen LogP contribution in [-0.2, 0) is 0 Å². The Morgan fingerprint density at radius 2 is 2.11 bits per heavy atom. The molecule has 0 bridgehead atoms. The Morgan fingerprint density at radius 3 is 2.61 bits per heavy atom. The van der Waals surface area contributed by atoms with Crippen LogP contribution in [0.15, 0.2) is 18.2 Å². The Morgan fingerprint density at radius 1 is 1.39 bits per heavy atom. The summed E-state index contributed by atoms with van der Waals surface area (Å²) in [5, 5.41) is 0. The molecular formula is C15H24N2O. The minimum Gasteiger partial charge on any atom is -0.496 e. The highest BCUT2D eigenvalue weighted by Gasteiger charge is 2.31. The summed E-state index contributed by atoms with van der Waals surface area (Å²) in [5.41, 5.74) is 8.86. The number of hydrogen-bond acceptors (Lipinski definition) is 3. The average Bonchev–Trinajstić information content (AvgIpc) is 2.68. The van der Waals surface area contributed by atoms with Gasteiger partial charge in [0.05, 0.1) is 7.11 Å².